The van der Waals surface area contributed by atoms with Crippen molar-refractivity contribution in [3.8, 4) is 11.4 Å². The van der Waals surface area contributed by atoms with Crippen LogP contribution in [-0.2, 0) is 21.4 Å². The molecule has 1 fully saturated rings. The van der Waals surface area contributed by atoms with E-state index >= 15 is 0 Å². The van der Waals surface area contributed by atoms with E-state index in [2.05, 4.69) is 20.7 Å². The van der Waals surface area contributed by atoms with Crippen molar-refractivity contribution >= 4 is 33.2 Å². The van der Waals surface area contributed by atoms with Gasteiger partial charge >= 0.3 is 0 Å². The molecule has 0 radical (unpaired) electrons. The highest BCUT2D eigenvalue weighted by molar-refractivity contribution is 7.89. The number of hydrogen-bond acceptors (Lipinski definition) is 6. The Bertz CT molecular complexity index is 1170. The Kier molecular flexibility index (Phi) is 6.30. The molecule has 3 aromatic rings. The monoisotopic (exact) mass is 460 g/mol. The molecular formula is C20H21ClN6O3S. The van der Waals surface area contributed by atoms with Gasteiger partial charge in [0.25, 0.3) is 0 Å². The molecule has 0 saturated carbocycles. The highest BCUT2D eigenvalue weighted by Crippen LogP contribution is 2.24. The zero-order valence-electron chi connectivity index (χ0n) is 16.6. The largest absolute Gasteiger partial charge is 0.324 e. The number of carbonyl (C=O) groups excluding carboxylic acids is 1. The molecule has 9 nitrogen and oxygen atoms in total. The first-order chi connectivity index (χ1) is 14.9. The van der Waals surface area contributed by atoms with Crippen molar-refractivity contribution in [1.82, 2.24) is 24.5 Å². The fourth-order valence-electron chi connectivity index (χ4n) is 3.35. The predicted octanol–water partition coefficient (Wildman–Crippen LogP) is 2.81. The summed E-state index contributed by atoms with van der Waals surface area (Å²) >= 11 is 6.13. The smallest absolute Gasteiger partial charge is 0.248 e. The Balaban J connectivity index is 1.39. The van der Waals surface area contributed by atoms with Crippen molar-refractivity contribution in [2.24, 2.45) is 0 Å². The van der Waals surface area contributed by atoms with Crippen molar-refractivity contribution in [1.29, 1.82) is 0 Å². The Morgan fingerprint density at radius 1 is 1.03 bits per heavy atom. The average Bonchev–Trinajstić information content (AvgIpc) is 3.23. The number of nitrogens with zero attached hydrogens (tertiary/aromatic N) is 5. The molecule has 1 aliphatic heterocycles. The number of carbonyl (C=O) groups is 1. The third-order valence-corrected chi connectivity index (χ3v) is 7.19. The van der Waals surface area contributed by atoms with Crippen molar-refractivity contribution < 1.29 is 13.2 Å². The second-order valence-corrected chi connectivity index (χ2v) is 9.51. The van der Waals surface area contributed by atoms with E-state index in [0.29, 0.717) is 35.2 Å². The fourth-order valence-corrected chi connectivity index (χ4v) is 5.09. The Morgan fingerprint density at radius 2 is 1.74 bits per heavy atom. The third-order valence-electron chi connectivity index (χ3n) is 4.94. The number of hydrogen-bond donors (Lipinski definition) is 1. The molecule has 1 amide bonds. The van der Waals surface area contributed by atoms with Crippen LogP contribution in [0, 0.1) is 0 Å². The van der Waals surface area contributed by atoms with Crippen molar-refractivity contribution in [3.05, 3.63) is 53.6 Å². The van der Waals surface area contributed by atoms with Crippen LogP contribution in [0.3, 0.4) is 0 Å². The van der Waals surface area contributed by atoms with Crippen LogP contribution in [-0.4, -0.2) is 51.9 Å². The number of piperidine rings is 1. The number of tetrazole rings is 1. The van der Waals surface area contributed by atoms with E-state index in [9.17, 15) is 13.2 Å². The summed E-state index contributed by atoms with van der Waals surface area (Å²) in [7, 11) is -3.51. The van der Waals surface area contributed by atoms with Crippen molar-refractivity contribution in [2.45, 2.75) is 30.7 Å². The lowest BCUT2D eigenvalue weighted by Crippen LogP contribution is -2.35. The highest BCUT2D eigenvalue weighted by Gasteiger charge is 2.25. The molecule has 31 heavy (non-hydrogen) atoms. The second-order valence-electron chi connectivity index (χ2n) is 7.16. The van der Waals surface area contributed by atoms with Crippen LogP contribution in [0.15, 0.2) is 53.4 Å². The highest BCUT2D eigenvalue weighted by atomic mass is 35.5. The first kappa shape index (κ1) is 21.4. The van der Waals surface area contributed by atoms with Gasteiger partial charge in [-0.05, 0) is 54.5 Å². The van der Waals surface area contributed by atoms with Crippen LogP contribution in [0.2, 0.25) is 5.02 Å². The van der Waals surface area contributed by atoms with Gasteiger partial charge in [-0.2, -0.15) is 9.10 Å². The molecule has 1 N–H and O–H groups in total. The van der Waals surface area contributed by atoms with Crippen LogP contribution in [0.4, 0.5) is 5.69 Å². The molecule has 1 aromatic heterocycles. The number of amides is 1. The SMILES string of the molecule is O=C(Cn1nnc(-c2ccccc2Cl)n1)Nc1ccc(S(=O)(=O)N2CCCCC2)cc1. The van der Waals surface area contributed by atoms with Gasteiger partial charge in [0.1, 0.15) is 6.54 Å². The minimum Gasteiger partial charge on any atom is -0.324 e. The Labute approximate surface area is 185 Å². The molecule has 2 heterocycles. The van der Waals surface area contributed by atoms with Gasteiger partial charge in [-0.15, -0.1) is 10.2 Å². The van der Waals surface area contributed by atoms with Gasteiger partial charge in [-0.25, -0.2) is 8.42 Å². The normalized spacial score (nSPS) is 15.0. The molecule has 1 saturated heterocycles. The summed E-state index contributed by atoms with van der Waals surface area (Å²) in [5.74, 6) is -0.0413. The topological polar surface area (TPSA) is 110 Å². The van der Waals surface area contributed by atoms with Gasteiger partial charge in [-0.1, -0.05) is 30.2 Å². The van der Waals surface area contributed by atoms with Gasteiger partial charge in [0.15, 0.2) is 0 Å². The quantitative estimate of drug-likeness (QED) is 0.605. The zero-order valence-corrected chi connectivity index (χ0v) is 18.2. The summed E-state index contributed by atoms with van der Waals surface area (Å²) in [6.07, 6.45) is 2.81. The Morgan fingerprint density at radius 3 is 2.45 bits per heavy atom. The van der Waals surface area contributed by atoms with E-state index in [4.69, 9.17) is 11.6 Å². The zero-order chi connectivity index (χ0) is 21.8. The molecule has 1 aliphatic rings. The molecule has 0 bridgehead atoms. The first-order valence-corrected chi connectivity index (χ1v) is 11.7. The van der Waals surface area contributed by atoms with E-state index in [0.717, 1.165) is 19.3 Å². The number of benzene rings is 2. The van der Waals surface area contributed by atoms with E-state index in [1.165, 1.54) is 21.2 Å². The fraction of sp³-hybridized carbons (Fsp3) is 0.300. The molecule has 0 aliphatic carbocycles. The molecular weight excluding hydrogens is 440 g/mol. The molecule has 0 unspecified atom stereocenters. The van der Waals surface area contributed by atoms with E-state index < -0.39 is 10.0 Å². The second kappa shape index (κ2) is 9.13. The van der Waals surface area contributed by atoms with Gasteiger partial charge < -0.3 is 5.32 Å². The number of rotatable bonds is 6. The number of anilines is 1. The molecule has 11 heteroatoms. The van der Waals surface area contributed by atoms with Crippen LogP contribution >= 0.6 is 11.6 Å². The molecule has 162 valence electrons. The average molecular weight is 461 g/mol. The lowest BCUT2D eigenvalue weighted by atomic mass is 10.2. The summed E-state index contributed by atoms with van der Waals surface area (Å²) in [5.41, 5.74) is 1.11. The number of halogens is 1. The maximum absolute atomic E-state index is 12.7. The van der Waals surface area contributed by atoms with E-state index in [1.54, 1.807) is 30.3 Å². The lowest BCUT2D eigenvalue weighted by Gasteiger charge is -2.25. The third kappa shape index (κ3) is 4.92. The van der Waals surface area contributed by atoms with Crippen LogP contribution < -0.4 is 5.32 Å². The summed E-state index contributed by atoms with van der Waals surface area (Å²) < 4.78 is 26.9. The Hall–Kier alpha value is -2.82. The lowest BCUT2D eigenvalue weighted by molar-refractivity contribution is -0.117. The van der Waals surface area contributed by atoms with Gasteiger partial charge in [-0.3, -0.25) is 4.79 Å². The first-order valence-electron chi connectivity index (χ1n) is 9.86. The predicted molar refractivity (Wildman–Crippen MR) is 116 cm³/mol. The summed E-state index contributed by atoms with van der Waals surface area (Å²) in [5, 5.41) is 15.2. The number of nitrogens with one attached hydrogen (secondary N) is 1. The summed E-state index contributed by atoms with van der Waals surface area (Å²) in [6, 6.07) is 13.2. The number of sulfonamides is 1. The van der Waals surface area contributed by atoms with E-state index in [-0.39, 0.29) is 17.3 Å². The van der Waals surface area contributed by atoms with Gasteiger partial charge in [0.05, 0.1) is 9.92 Å². The van der Waals surface area contributed by atoms with E-state index in [1.807, 2.05) is 6.07 Å². The van der Waals surface area contributed by atoms with Gasteiger partial charge in [0.2, 0.25) is 21.8 Å². The van der Waals surface area contributed by atoms with Crippen LogP contribution in [0.25, 0.3) is 11.4 Å². The summed E-state index contributed by atoms with van der Waals surface area (Å²) in [4.78, 5) is 13.7. The summed E-state index contributed by atoms with van der Waals surface area (Å²) in [6.45, 7) is 0.940. The van der Waals surface area contributed by atoms with Crippen LogP contribution in [0.1, 0.15) is 19.3 Å². The van der Waals surface area contributed by atoms with Crippen LogP contribution in [0.5, 0.6) is 0 Å². The molecule has 0 atom stereocenters. The maximum Gasteiger partial charge on any atom is 0.248 e. The number of aromatic nitrogens is 4. The van der Waals surface area contributed by atoms with Crippen molar-refractivity contribution in [2.75, 3.05) is 18.4 Å². The van der Waals surface area contributed by atoms with Crippen molar-refractivity contribution in [3.63, 3.8) is 0 Å². The standard InChI is InChI=1S/C20H21ClN6O3S/c21-18-7-3-2-6-17(18)20-23-25-27(24-20)14-19(28)22-15-8-10-16(11-9-15)31(29,30)26-12-4-1-5-13-26/h2-3,6-11H,1,4-5,12-14H2,(H,22,28). The maximum atomic E-state index is 12.7. The molecule has 0 spiro atoms. The minimum absolute atomic E-state index is 0.148. The minimum atomic E-state index is -3.51. The molecule has 4 rings (SSSR count). The van der Waals surface area contributed by atoms with Gasteiger partial charge in [0, 0.05) is 24.3 Å². The molecule has 2 aromatic carbocycles.